The molecule has 0 radical (unpaired) electrons. The minimum absolute atomic E-state index is 0.283. The topological polar surface area (TPSA) is 72.1 Å². The molecule has 0 spiro atoms. The average molecular weight is 255 g/mol. The van der Waals surface area contributed by atoms with Crippen molar-refractivity contribution in [3.63, 3.8) is 0 Å². The van der Waals surface area contributed by atoms with Crippen molar-refractivity contribution < 1.29 is 4.79 Å². The molecule has 1 aliphatic rings. The molecule has 2 heterocycles. The standard InChI is InChI=1S/C11H15ClN4O/c1-7-14-9(12)6-10(15-7)16-5-3-2-4-8(16)11(13)17/h6,8H,2-5H2,1H3,(H2,13,17). The lowest BCUT2D eigenvalue weighted by molar-refractivity contribution is -0.119. The van der Waals surface area contributed by atoms with Crippen LogP contribution in [0.1, 0.15) is 25.1 Å². The Kier molecular flexibility index (Phi) is 3.47. The Morgan fingerprint density at radius 1 is 1.53 bits per heavy atom. The van der Waals surface area contributed by atoms with E-state index in [4.69, 9.17) is 17.3 Å². The normalized spacial score (nSPS) is 20.4. The van der Waals surface area contributed by atoms with Crippen molar-refractivity contribution in [3.8, 4) is 0 Å². The van der Waals surface area contributed by atoms with E-state index in [0.717, 1.165) is 25.8 Å². The van der Waals surface area contributed by atoms with Crippen LogP contribution in [-0.2, 0) is 4.79 Å². The lowest BCUT2D eigenvalue weighted by Crippen LogP contribution is -2.48. The van der Waals surface area contributed by atoms with Crippen molar-refractivity contribution in [2.75, 3.05) is 11.4 Å². The fourth-order valence-electron chi connectivity index (χ4n) is 2.17. The Bertz CT molecular complexity index is 417. The monoisotopic (exact) mass is 254 g/mol. The second-order valence-corrected chi connectivity index (χ2v) is 4.59. The molecule has 2 rings (SSSR count). The summed E-state index contributed by atoms with van der Waals surface area (Å²) in [6, 6.07) is 1.39. The first-order valence-corrected chi connectivity index (χ1v) is 6.03. The highest BCUT2D eigenvalue weighted by molar-refractivity contribution is 6.29. The number of aromatic nitrogens is 2. The van der Waals surface area contributed by atoms with E-state index in [2.05, 4.69) is 9.97 Å². The number of rotatable bonds is 2. The van der Waals surface area contributed by atoms with E-state index in [0.29, 0.717) is 16.8 Å². The van der Waals surface area contributed by atoms with E-state index in [1.54, 1.807) is 13.0 Å². The van der Waals surface area contributed by atoms with E-state index >= 15 is 0 Å². The Morgan fingerprint density at radius 3 is 2.94 bits per heavy atom. The predicted octanol–water partition coefficient (Wildman–Crippen LogP) is 1.28. The molecular weight excluding hydrogens is 240 g/mol. The summed E-state index contributed by atoms with van der Waals surface area (Å²) in [5.41, 5.74) is 5.41. The van der Waals surface area contributed by atoms with Gasteiger partial charge in [0.15, 0.2) is 0 Å². The summed E-state index contributed by atoms with van der Waals surface area (Å²) in [6.07, 6.45) is 2.82. The van der Waals surface area contributed by atoms with Crippen molar-refractivity contribution in [2.45, 2.75) is 32.2 Å². The fraction of sp³-hybridized carbons (Fsp3) is 0.545. The number of nitrogens with two attached hydrogens (primary N) is 1. The average Bonchev–Trinajstić information content (AvgIpc) is 2.27. The highest BCUT2D eigenvalue weighted by Gasteiger charge is 2.28. The van der Waals surface area contributed by atoms with Gasteiger partial charge in [-0.2, -0.15) is 0 Å². The van der Waals surface area contributed by atoms with E-state index in [1.807, 2.05) is 4.90 Å². The van der Waals surface area contributed by atoms with Crippen LogP contribution in [0.4, 0.5) is 5.82 Å². The third-order valence-corrected chi connectivity index (χ3v) is 3.11. The predicted molar refractivity (Wildman–Crippen MR) is 66.0 cm³/mol. The largest absolute Gasteiger partial charge is 0.368 e. The summed E-state index contributed by atoms with van der Waals surface area (Å²) in [6.45, 7) is 2.55. The maximum Gasteiger partial charge on any atom is 0.240 e. The van der Waals surface area contributed by atoms with Gasteiger partial charge in [-0.3, -0.25) is 4.79 Å². The number of aryl methyl sites for hydroxylation is 1. The summed E-state index contributed by atoms with van der Waals surface area (Å²) < 4.78 is 0. The lowest BCUT2D eigenvalue weighted by atomic mass is 10.0. The van der Waals surface area contributed by atoms with Gasteiger partial charge in [-0.1, -0.05) is 11.6 Å². The Hall–Kier alpha value is -1.36. The number of carbonyl (C=O) groups excluding carboxylic acids is 1. The zero-order valence-electron chi connectivity index (χ0n) is 9.69. The van der Waals surface area contributed by atoms with Crippen LogP contribution in [0.2, 0.25) is 5.15 Å². The molecule has 1 aliphatic heterocycles. The van der Waals surface area contributed by atoms with Gasteiger partial charge in [-0.15, -0.1) is 0 Å². The van der Waals surface area contributed by atoms with Crippen LogP contribution < -0.4 is 10.6 Å². The van der Waals surface area contributed by atoms with Gasteiger partial charge in [0, 0.05) is 12.6 Å². The first-order valence-electron chi connectivity index (χ1n) is 5.65. The van der Waals surface area contributed by atoms with Crippen molar-refractivity contribution in [1.82, 2.24) is 9.97 Å². The van der Waals surface area contributed by atoms with Gasteiger partial charge in [0.05, 0.1) is 0 Å². The molecule has 1 saturated heterocycles. The van der Waals surface area contributed by atoms with Gasteiger partial charge in [0.2, 0.25) is 5.91 Å². The second kappa shape index (κ2) is 4.87. The zero-order valence-corrected chi connectivity index (χ0v) is 10.4. The Morgan fingerprint density at radius 2 is 2.29 bits per heavy atom. The third-order valence-electron chi connectivity index (χ3n) is 2.92. The molecule has 1 aromatic rings. The van der Waals surface area contributed by atoms with Crippen LogP contribution in [0.15, 0.2) is 6.07 Å². The minimum Gasteiger partial charge on any atom is -0.368 e. The van der Waals surface area contributed by atoms with E-state index in [-0.39, 0.29) is 11.9 Å². The third kappa shape index (κ3) is 2.66. The maximum atomic E-state index is 11.4. The highest BCUT2D eigenvalue weighted by Crippen LogP contribution is 2.24. The van der Waals surface area contributed by atoms with Gasteiger partial charge in [0.1, 0.15) is 22.8 Å². The quantitative estimate of drug-likeness (QED) is 0.807. The van der Waals surface area contributed by atoms with Gasteiger partial charge in [0.25, 0.3) is 0 Å². The molecule has 1 aromatic heterocycles. The number of primary amides is 1. The molecule has 5 nitrogen and oxygen atoms in total. The second-order valence-electron chi connectivity index (χ2n) is 4.20. The number of hydrogen-bond donors (Lipinski definition) is 1. The van der Waals surface area contributed by atoms with Crippen LogP contribution in [0, 0.1) is 6.92 Å². The van der Waals surface area contributed by atoms with Crippen molar-refractivity contribution >= 4 is 23.3 Å². The number of halogens is 1. The molecule has 2 N–H and O–H groups in total. The van der Waals surface area contributed by atoms with Crippen LogP contribution in [0.25, 0.3) is 0 Å². The molecule has 92 valence electrons. The first-order chi connectivity index (χ1) is 8.08. The van der Waals surface area contributed by atoms with Crippen LogP contribution >= 0.6 is 11.6 Å². The maximum absolute atomic E-state index is 11.4. The minimum atomic E-state index is -0.308. The lowest BCUT2D eigenvalue weighted by Gasteiger charge is -2.34. The molecule has 17 heavy (non-hydrogen) atoms. The van der Waals surface area contributed by atoms with Crippen LogP contribution in [-0.4, -0.2) is 28.5 Å². The molecule has 0 bridgehead atoms. The van der Waals surface area contributed by atoms with Crippen LogP contribution in [0.3, 0.4) is 0 Å². The molecular formula is C11H15ClN4O. The molecule has 0 aliphatic carbocycles. The summed E-state index contributed by atoms with van der Waals surface area (Å²) >= 11 is 5.90. The number of piperidine rings is 1. The smallest absolute Gasteiger partial charge is 0.240 e. The molecule has 1 fully saturated rings. The van der Waals surface area contributed by atoms with Gasteiger partial charge < -0.3 is 10.6 Å². The summed E-state index contributed by atoms with van der Waals surface area (Å²) in [7, 11) is 0. The number of amides is 1. The SMILES string of the molecule is Cc1nc(Cl)cc(N2CCCCC2C(N)=O)n1. The Balaban J connectivity index is 2.32. The van der Waals surface area contributed by atoms with Crippen LogP contribution in [0.5, 0.6) is 0 Å². The number of anilines is 1. The molecule has 1 amide bonds. The van der Waals surface area contributed by atoms with E-state index < -0.39 is 0 Å². The van der Waals surface area contributed by atoms with Crippen molar-refractivity contribution in [3.05, 3.63) is 17.0 Å². The first kappa shape index (κ1) is 12.1. The van der Waals surface area contributed by atoms with Crippen molar-refractivity contribution in [1.29, 1.82) is 0 Å². The molecule has 0 aromatic carbocycles. The summed E-state index contributed by atoms with van der Waals surface area (Å²) in [4.78, 5) is 21.7. The zero-order chi connectivity index (χ0) is 12.4. The van der Waals surface area contributed by atoms with Gasteiger partial charge in [-0.05, 0) is 26.2 Å². The van der Waals surface area contributed by atoms with Gasteiger partial charge in [-0.25, -0.2) is 9.97 Å². The number of carbonyl (C=O) groups is 1. The summed E-state index contributed by atoms with van der Waals surface area (Å²) in [5.74, 6) is 0.976. The fourth-order valence-corrected chi connectivity index (χ4v) is 2.39. The molecule has 0 saturated carbocycles. The van der Waals surface area contributed by atoms with E-state index in [9.17, 15) is 4.79 Å². The molecule has 1 unspecified atom stereocenters. The van der Waals surface area contributed by atoms with E-state index in [1.165, 1.54) is 0 Å². The highest BCUT2D eigenvalue weighted by atomic mass is 35.5. The Labute approximate surface area is 105 Å². The molecule has 6 heteroatoms. The number of hydrogen-bond acceptors (Lipinski definition) is 4. The van der Waals surface area contributed by atoms with Crippen molar-refractivity contribution in [2.24, 2.45) is 5.73 Å². The number of nitrogens with zero attached hydrogens (tertiary/aromatic N) is 3. The summed E-state index contributed by atoms with van der Waals surface area (Å²) in [5, 5.41) is 0.390. The van der Waals surface area contributed by atoms with Gasteiger partial charge >= 0.3 is 0 Å². The molecule has 1 atom stereocenters.